The van der Waals surface area contributed by atoms with Gasteiger partial charge in [-0.15, -0.1) is 8.58 Å². The SMILES string of the molecule is CCC(PC(C)C)N1CCOCC1. The molecule has 1 fully saturated rings. The summed E-state index contributed by atoms with van der Waals surface area (Å²) in [5.74, 6) is 0.809. The van der Waals surface area contributed by atoms with E-state index in [1.165, 1.54) is 6.42 Å². The zero-order valence-electron chi connectivity index (χ0n) is 9.05. The maximum Gasteiger partial charge on any atom is 0.0594 e. The Morgan fingerprint density at radius 3 is 2.38 bits per heavy atom. The van der Waals surface area contributed by atoms with Crippen LogP contribution in [0.1, 0.15) is 27.2 Å². The molecule has 1 aliphatic rings. The summed E-state index contributed by atoms with van der Waals surface area (Å²) in [6.07, 6.45) is 1.29. The molecule has 78 valence electrons. The number of hydrogen-bond acceptors (Lipinski definition) is 2. The standard InChI is InChI=1S/C10H22NOP/c1-4-10(13-9(2)3)11-5-7-12-8-6-11/h9-10,13H,4-8H2,1-3H3. The summed E-state index contributed by atoms with van der Waals surface area (Å²) in [6, 6.07) is 0. The van der Waals surface area contributed by atoms with E-state index in [4.69, 9.17) is 4.74 Å². The third-order valence-corrected chi connectivity index (χ3v) is 4.22. The molecule has 0 bridgehead atoms. The van der Waals surface area contributed by atoms with E-state index in [1.54, 1.807) is 0 Å². The first kappa shape index (κ1) is 11.4. The van der Waals surface area contributed by atoms with Crippen molar-refractivity contribution in [1.82, 2.24) is 4.90 Å². The van der Waals surface area contributed by atoms with Crippen LogP contribution in [0, 0.1) is 0 Å². The summed E-state index contributed by atoms with van der Waals surface area (Å²) >= 11 is 0. The lowest BCUT2D eigenvalue weighted by Gasteiger charge is -2.34. The van der Waals surface area contributed by atoms with Crippen molar-refractivity contribution in [1.29, 1.82) is 0 Å². The molecule has 3 heteroatoms. The van der Waals surface area contributed by atoms with Gasteiger partial charge in [-0.3, -0.25) is 4.90 Å². The Labute approximate surface area is 83.8 Å². The summed E-state index contributed by atoms with van der Waals surface area (Å²) in [6.45, 7) is 11.1. The normalized spacial score (nSPS) is 23.1. The summed E-state index contributed by atoms with van der Waals surface area (Å²) in [4.78, 5) is 2.60. The average Bonchev–Trinajstić information content (AvgIpc) is 2.15. The van der Waals surface area contributed by atoms with E-state index < -0.39 is 0 Å². The van der Waals surface area contributed by atoms with E-state index >= 15 is 0 Å². The fourth-order valence-corrected chi connectivity index (χ4v) is 3.23. The molecule has 1 heterocycles. The first-order valence-electron chi connectivity index (χ1n) is 5.32. The van der Waals surface area contributed by atoms with Crippen LogP contribution in [0.15, 0.2) is 0 Å². The molecule has 0 aliphatic carbocycles. The highest BCUT2D eigenvalue weighted by Gasteiger charge is 2.19. The van der Waals surface area contributed by atoms with Gasteiger partial charge < -0.3 is 4.74 Å². The third-order valence-electron chi connectivity index (χ3n) is 2.40. The largest absolute Gasteiger partial charge is 0.379 e. The van der Waals surface area contributed by atoms with Crippen molar-refractivity contribution >= 4 is 8.58 Å². The molecule has 13 heavy (non-hydrogen) atoms. The van der Waals surface area contributed by atoms with Crippen molar-refractivity contribution in [2.45, 2.75) is 38.6 Å². The summed E-state index contributed by atoms with van der Waals surface area (Å²) < 4.78 is 5.36. The van der Waals surface area contributed by atoms with Crippen LogP contribution in [0.25, 0.3) is 0 Å². The molecule has 2 unspecified atom stereocenters. The van der Waals surface area contributed by atoms with Gasteiger partial charge in [-0.25, -0.2) is 0 Å². The Bertz CT molecular complexity index is 135. The van der Waals surface area contributed by atoms with Crippen LogP contribution in [0.5, 0.6) is 0 Å². The first-order chi connectivity index (χ1) is 6.24. The van der Waals surface area contributed by atoms with E-state index in [0.717, 1.165) is 46.3 Å². The van der Waals surface area contributed by atoms with Gasteiger partial charge in [0, 0.05) is 18.9 Å². The van der Waals surface area contributed by atoms with Gasteiger partial charge in [-0.1, -0.05) is 20.8 Å². The van der Waals surface area contributed by atoms with Crippen LogP contribution >= 0.6 is 8.58 Å². The molecule has 0 saturated carbocycles. The smallest absolute Gasteiger partial charge is 0.0594 e. The van der Waals surface area contributed by atoms with Crippen LogP contribution in [-0.2, 0) is 4.74 Å². The summed E-state index contributed by atoms with van der Waals surface area (Å²) in [5, 5.41) is 0. The third kappa shape index (κ3) is 3.93. The van der Waals surface area contributed by atoms with Gasteiger partial charge in [0.15, 0.2) is 0 Å². The highest BCUT2D eigenvalue weighted by Crippen LogP contribution is 2.30. The van der Waals surface area contributed by atoms with Gasteiger partial charge in [0.1, 0.15) is 0 Å². The lowest BCUT2D eigenvalue weighted by atomic mass is 10.3. The predicted molar refractivity (Wildman–Crippen MR) is 59.9 cm³/mol. The molecule has 0 aromatic rings. The molecule has 0 N–H and O–H groups in total. The zero-order chi connectivity index (χ0) is 9.68. The topological polar surface area (TPSA) is 12.5 Å². The zero-order valence-corrected chi connectivity index (χ0v) is 10.0. The van der Waals surface area contributed by atoms with Crippen LogP contribution in [-0.4, -0.2) is 42.6 Å². The molecular formula is C10H22NOP. The molecule has 1 aliphatic heterocycles. The second kappa shape index (κ2) is 5.95. The van der Waals surface area contributed by atoms with Gasteiger partial charge in [0.05, 0.1) is 13.2 Å². The molecule has 0 aromatic heterocycles. The van der Waals surface area contributed by atoms with Crippen LogP contribution in [0.4, 0.5) is 0 Å². The van der Waals surface area contributed by atoms with Crippen LogP contribution in [0.3, 0.4) is 0 Å². The summed E-state index contributed by atoms with van der Waals surface area (Å²) in [5.41, 5.74) is 0.841. The Kier molecular flexibility index (Phi) is 5.23. The van der Waals surface area contributed by atoms with Gasteiger partial charge in [0.25, 0.3) is 0 Å². The van der Waals surface area contributed by atoms with Crippen molar-refractivity contribution in [3.63, 3.8) is 0 Å². The van der Waals surface area contributed by atoms with Crippen LogP contribution < -0.4 is 0 Å². The van der Waals surface area contributed by atoms with Gasteiger partial charge in [0.2, 0.25) is 0 Å². The molecule has 1 rings (SSSR count). The van der Waals surface area contributed by atoms with Gasteiger partial charge in [-0.2, -0.15) is 0 Å². The predicted octanol–water partition coefficient (Wildman–Crippen LogP) is 2.14. The average molecular weight is 203 g/mol. The highest BCUT2D eigenvalue weighted by atomic mass is 31.1. The molecule has 0 radical (unpaired) electrons. The fourth-order valence-electron chi connectivity index (χ4n) is 1.76. The minimum absolute atomic E-state index is 0.809. The van der Waals surface area contributed by atoms with Crippen molar-refractivity contribution in [3.8, 4) is 0 Å². The lowest BCUT2D eigenvalue weighted by Crippen LogP contribution is -2.41. The van der Waals surface area contributed by atoms with Crippen molar-refractivity contribution in [3.05, 3.63) is 0 Å². The van der Waals surface area contributed by atoms with E-state index in [2.05, 4.69) is 25.7 Å². The number of morpholine rings is 1. The first-order valence-corrected chi connectivity index (χ1v) is 6.47. The molecule has 2 nitrogen and oxygen atoms in total. The van der Waals surface area contributed by atoms with Crippen LogP contribution in [0.2, 0.25) is 0 Å². The Hall–Kier alpha value is 0.350. The van der Waals surface area contributed by atoms with E-state index in [9.17, 15) is 0 Å². The number of nitrogens with zero attached hydrogens (tertiary/aromatic N) is 1. The number of hydrogen-bond donors (Lipinski definition) is 0. The minimum Gasteiger partial charge on any atom is -0.379 e. The van der Waals surface area contributed by atoms with E-state index in [0.29, 0.717) is 0 Å². The second-order valence-electron chi connectivity index (χ2n) is 3.89. The molecule has 1 saturated heterocycles. The van der Waals surface area contributed by atoms with E-state index in [1.807, 2.05) is 0 Å². The quantitative estimate of drug-likeness (QED) is 0.649. The molecule has 0 spiro atoms. The second-order valence-corrected chi connectivity index (χ2v) is 6.05. The molecular weight excluding hydrogens is 181 g/mol. The fraction of sp³-hybridized carbons (Fsp3) is 1.00. The Balaban J connectivity index is 2.34. The lowest BCUT2D eigenvalue weighted by molar-refractivity contribution is 0.0314. The molecule has 0 aromatic carbocycles. The Morgan fingerprint density at radius 2 is 1.92 bits per heavy atom. The van der Waals surface area contributed by atoms with Crippen molar-refractivity contribution in [2.24, 2.45) is 0 Å². The Morgan fingerprint density at radius 1 is 1.31 bits per heavy atom. The van der Waals surface area contributed by atoms with Gasteiger partial charge in [-0.05, 0) is 12.1 Å². The number of rotatable bonds is 4. The molecule has 0 amide bonds. The maximum absolute atomic E-state index is 5.36. The summed E-state index contributed by atoms with van der Waals surface area (Å²) in [7, 11) is 1.08. The number of ether oxygens (including phenoxy) is 1. The van der Waals surface area contributed by atoms with E-state index in [-0.39, 0.29) is 0 Å². The van der Waals surface area contributed by atoms with Gasteiger partial charge >= 0.3 is 0 Å². The highest BCUT2D eigenvalue weighted by molar-refractivity contribution is 7.39. The monoisotopic (exact) mass is 203 g/mol. The van der Waals surface area contributed by atoms with Crippen molar-refractivity contribution < 1.29 is 4.74 Å². The maximum atomic E-state index is 5.36. The van der Waals surface area contributed by atoms with Crippen molar-refractivity contribution in [2.75, 3.05) is 26.3 Å². The minimum atomic E-state index is 0.809. The molecule has 2 atom stereocenters.